The Morgan fingerprint density at radius 2 is 1.75 bits per heavy atom. The Labute approximate surface area is 167 Å². The molecule has 0 atom stereocenters. The van der Waals surface area contributed by atoms with Crippen molar-refractivity contribution >= 4 is 55.3 Å². The molecule has 0 unspecified atom stereocenters. The van der Waals surface area contributed by atoms with Crippen LogP contribution in [0, 0.1) is 0 Å². The predicted octanol–water partition coefficient (Wildman–Crippen LogP) is 3.88. The molecule has 1 N–H and O–H groups in total. The third-order valence-corrected chi connectivity index (χ3v) is 5.71. The fourth-order valence-corrected chi connectivity index (χ4v) is 4.12. The zero-order valence-electron chi connectivity index (χ0n) is 14.5. The number of aromatic nitrogens is 5. The molecule has 0 bridgehead atoms. The second-order valence-corrected chi connectivity index (χ2v) is 7.91. The Hall–Kier alpha value is -3.30. The van der Waals surface area contributed by atoms with Crippen molar-refractivity contribution in [3.8, 4) is 0 Å². The Bertz CT molecular complexity index is 1350. The third kappa shape index (κ3) is 3.45. The number of aromatic amines is 1. The standard InChI is InChI=1S/C19H13N7S2/c1-2-6-12(7-3-1)10-20-18-25-23-15(27-18)11-21-19-26-24-16-13-8-4-5-9-14(13)22-17(16)28-19/h1-10,22H,11H2. The number of fused-ring (bicyclic) bond motifs is 3. The fourth-order valence-electron chi connectivity index (χ4n) is 2.71. The molecule has 28 heavy (non-hydrogen) atoms. The number of aliphatic imine (C=N–C) groups is 1. The van der Waals surface area contributed by atoms with E-state index >= 15 is 0 Å². The second kappa shape index (κ2) is 7.37. The SMILES string of the molecule is C(=Nc1nnc(CN=c2nnc3c([nH]c4ccccc43)s2)s1)c1ccccc1. The first kappa shape index (κ1) is 16.8. The summed E-state index contributed by atoms with van der Waals surface area (Å²) in [5.41, 5.74) is 2.94. The molecule has 0 saturated heterocycles. The van der Waals surface area contributed by atoms with E-state index in [2.05, 4.69) is 35.4 Å². The van der Waals surface area contributed by atoms with Gasteiger partial charge in [-0.1, -0.05) is 71.2 Å². The van der Waals surface area contributed by atoms with Crippen molar-refractivity contribution in [1.82, 2.24) is 25.4 Å². The molecule has 3 aromatic heterocycles. The molecule has 0 aliphatic rings. The van der Waals surface area contributed by atoms with Crippen LogP contribution in [0.3, 0.4) is 0 Å². The van der Waals surface area contributed by atoms with E-state index in [1.165, 1.54) is 22.7 Å². The van der Waals surface area contributed by atoms with Crippen molar-refractivity contribution < 1.29 is 0 Å². The Morgan fingerprint density at radius 3 is 2.68 bits per heavy atom. The largest absolute Gasteiger partial charge is 0.345 e. The second-order valence-electron chi connectivity index (χ2n) is 5.90. The van der Waals surface area contributed by atoms with Crippen molar-refractivity contribution in [1.29, 1.82) is 0 Å². The summed E-state index contributed by atoms with van der Waals surface area (Å²) in [4.78, 5) is 13.8. The lowest BCUT2D eigenvalue weighted by atomic mass is 10.2. The van der Waals surface area contributed by atoms with Crippen LogP contribution in [0.1, 0.15) is 10.6 Å². The summed E-state index contributed by atoms with van der Waals surface area (Å²) in [5, 5.41) is 19.3. The third-order valence-electron chi connectivity index (χ3n) is 4.00. The zero-order chi connectivity index (χ0) is 18.8. The van der Waals surface area contributed by atoms with E-state index < -0.39 is 0 Å². The lowest BCUT2D eigenvalue weighted by Gasteiger charge is -1.89. The molecule has 0 amide bonds. The van der Waals surface area contributed by atoms with E-state index in [4.69, 9.17) is 0 Å². The van der Waals surface area contributed by atoms with Gasteiger partial charge in [0.15, 0.2) is 0 Å². The molecule has 0 spiro atoms. The number of hydrogen-bond donors (Lipinski definition) is 1. The maximum absolute atomic E-state index is 4.51. The van der Waals surface area contributed by atoms with Gasteiger partial charge in [0, 0.05) is 17.1 Å². The minimum Gasteiger partial charge on any atom is -0.345 e. The molecule has 2 aromatic carbocycles. The van der Waals surface area contributed by atoms with Gasteiger partial charge in [-0.3, -0.25) is 0 Å². The summed E-state index contributed by atoms with van der Waals surface area (Å²) in [6.07, 6.45) is 1.78. The molecular formula is C19H13N7S2. The number of rotatable bonds is 4. The van der Waals surface area contributed by atoms with Gasteiger partial charge in [0.25, 0.3) is 0 Å². The average molecular weight is 403 g/mol. The Balaban J connectivity index is 1.36. The highest BCUT2D eigenvalue weighted by atomic mass is 32.1. The van der Waals surface area contributed by atoms with Crippen molar-refractivity contribution in [3.63, 3.8) is 0 Å². The molecule has 3 heterocycles. The molecule has 0 fully saturated rings. The van der Waals surface area contributed by atoms with Crippen LogP contribution in [0.5, 0.6) is 0 Å². The smallest absolute Gasteiger partial charge is 0.231 e. The fraction of sp³-hybridized carbons (Fsp3) is 0.0526. The van der Waals surface area contributed by atoms with Gasteiger partial charge >= 0.3 is 0 Å². The molecule has 0 aliphatic heterocycles. The van der Waals surface area contributed by atoms with Gasteiger partial charge in [-0.2, -0.15) is 0 Å². The number of hydrogen-bond acceptors (Lipinski definition) is 8. The molecule has 5 rings (SSSR count). The van der Waals surface area contributed by atoms with Gasteiger partial charge in [-0.25, -0.2) is 9.98 Å². The van der Waals surface area contributed by atoms with E-state index in [-0.39, 0.29) is 0 Å². The van der Waals surface area contributed by atoms with E-state index in [0.717, 1.165) is 31.8 Å². The molecular weight excluding hydrogens is 390 g/mol. The monoisotopic (exact) mass is 403 g/mol. The first-order valence-corrected chi connectivity index (χ1v) is 10.1. The van der Waals surface area contributed by atoms with Gasteiger partial charge < -0.3 is 4.98 Å². The summed E-state index contributed by atoms with van der Waals surface area (Å²) in [5.74, 6) is 0. The van der Waals surface area contributed by atoms with Crippen molar-refractivity contribution in [2.75, 3.05) is 0 Å². The van der Waals surface area contributed by atoms with Gasteiger partial charge in [0.05, 0.1) is 6.54 Å². The summed E-state index contributed by atoms with van der Waals surface area (Å²) >= 11 is 2.89. The topological polar surface area (TPSA) is 92.1 Å². The summed E-state index contributed by atoms with van der Waals surface area (Å²) < 4.78 is 0. The number of H-pyrrole nitrogens is 1. The van der Waals surface area contributed by atoms with E-state index in [0.29, 0.717) is 16.5 Å². The summed E-state index contributed by atoms with van der Waals surface area (Å²) in [6, 6.07) is 17.9. The van der Waals surface area contributed by atoms with Gasteiger partial charge in [-0.15, -0.1) is 20.4 Å². The lowest BCUT2D eigenvalue weighted by molar-refractivity contribution is 0.904. The van der Waals surface area contributed by atoms with Gasteiger partial charge in [0.2, 0.25) is 9.93 Å². The van der Waals surface area contributed by atoms with Crippen LogP contribution in [-0.4, -0.2) is 31.6 Å². The lowest BCUT2D eigenvalue weighted by Crippen LogP contribution is -2.05. The minimum absolute atomic E-state index is 0.398. The van der Waals surface area contributed by atoms with Gasteiger partial charge in [0.1, 0.15) is 15.4 Å². The predicted molar refractivity (Wildman–Crippen MR) is 112 cm³/mol. The Kier molecular flexibility index (Phi) is 4.43. The minimum atomic E-state index is 0.398. The summed E-state index contributed by atoms with van der Waals surface area (Å²) in [7, 11) is 0. The molecule has 0 aliphatic carbocycles. The first-order chi connectivity index (χ1) is 13.8. The number of nitrogens with one attached hydrogen (secondary N) is 1. The number of benzene rings is 2. The number of para-hydroxylation sites is 1. The zero-order valence-corrected chi connectivity index (χ0v) is 16.1. The molecule has 0 saturated carbocycles. The van der Waals surface area contributed by atoms with E-state index in [1.54, 1.807) is 6.21 Å². The summed E-state index contributed by atoms with van der Waals surface area (Å²) in [6.45, 7) is 0.398. The van der Waals surface area contributed by atoms with Crippen LogP contribution in [0.25, 0.3) is 21.3 Å². The van der Waals surface area contributed by atoms with E-state index in [1.807, 2.05) is 54.6 Å². The molecule has 5 aromatic rings. The molecule has 7 nitrogen and oxygen atoms in total. The highest BCUT2D eigenvalue weighted by molar-refractivity contribution is 7.15. The van der Waals surface area contributed by atoms with Crippen molar-refractivity contribution in [2.45, 2.75) is 6.54 Å². The van der Waals surface area contributed by atoms with E-state index in [9.17, 15) is 0 Å². The quantitative estimate of drug-likeness (QED) is 0.461. The average Bonchev–Trinajstić information content (AvgIpc) is 3.35. The maximum Gasteiger partial charge on any atom is 0.231 e. The van der Waals surface area contributed by atoms with Crippen LogP contribution in [0.15, 0.2) is 64.6 Å². The number of nitrogens with zero attached hydrogens (tertiary/aromatic N) is 6. The van der Waals surface area contributed by atoms with Gasteiger partial charge in [-0.05, 0) is 11.6 Å². The van der Waals surface area contributed by atoms with Crippen LogP contribution < -0.4 is 4.80 Å². The van der Waals surface area contributed by atoms with Crippen molar-refractivity contribution in [3.05, 3.63) is 70.0 Å². The van der Waals surface area contributed by atoms with Crippen LogP contribution in [0.2, 0.25) is 0 Å². The van der Waals surface area contributed by atoms with Crippen LogP contribution in [-0.2, 0) is 6.54 Å². The Morgan fingerprint density at radius 1 is 0.893 bits per heavy atom. The first-order valence-electron chi connectivity index (χ1n) is 8.51. The van der Waals surface area contributed by atoms with Crippen LogP contribution in [0.4, 0.5) is 5.13 Å². The molecule has 0 radical (unpaired) electrons. The van der Waals surface area contributed by atoms with Crippen LogP contribution >= 0.6 is 22.7 Å². The maximum atomic E-state index is 4.51. The molecule has 9 heteroatoms. The highest BCUT2D eigenvalue weighted by Crippen LogP contribution is 2.23. The normalized spacial score (nSPS) is 12.5. The highest BCUT2D eigenvalue weighted by Gasteiger charge is 2.06. The molecule has 136 valence electrons. The van der Waals surface area contributed by atoms with Crippen molar-refractivity contribution in [2.24, 2.45) is 9.98 Å².